The van der Waals surface area contributed by atoms with Gasteiger partial charge >= 0.3 is 0 Å². The molecule has 0 aromatic heterocycles. The fraction of sp³-hybridized carbons (Fsp3) is 0.533. The molecule has 3 heteroatoms. The molecule has 0 spiro atoms. The molecule has 0 heterocycles. The number of carbonyl (C=O) groups is 1. The van der Waals surface area contributed by atoms with E-state index in [1.54, 1.807) is 0 Å². The van der Waals surface area contributed by atoms with E-state index in [2.05, 4.69) is 42.0 Å². The Morgan fingerprint density at radius 2 is 1.89 bits per heavy atom. The van der Waals surface area contributed by atoms with E-state index < -0.39 is 0 Å². The molecule has 0 aliphatic rings. The summed E-state index contributed by atoms with van der Waals surface area (Å²) in [5.74, 6) is 0.0829. The van der Waals surface area contributed by atoms with Gasteiger partial charge in [0.15, 0.2) is 0 Å². The molecule has 1 aromatic rings. The van der Waals surface area contributed by atoms with E-state index in [0.717, 1.165) is 12.0 Å². The summed E-state index contributed by atoms with van der Waals surface area (Å²) in [6.45, 7) is 7.29. The lowest BCUT2D eigenvalue weighted by Crippen LogP contribution is -2.32. The maximum absolute atomic E-state index is 11.8. The number of rotatable bonds is 5. The Bertz CT molecular complexity index is 370. The fourth-order valence-corrected chi connectivity index (χ4v) is 2.94. The first kappa shape index (κ1) is 15.2. The predicted octanol–water partition coefficient (Wildman–Crippen LogP) is 3.55. The first-order valence-corrected chi connectivity index (χ1v) is 7.23. The lowest BCUT2D eigenvalue weighted by Gasteiger charge is -2.22. The topological polar surface area (TPSA) is 29.1 Å². The zero-order valence-corrected chi connectivity index (χ0v) is 13.0. The maximum atomic E-state index is 11.8. The van der Waals surface area contributed by atoms with Gasteiger partial charge in [0.1, 0.15) is 0 Å². The molecule has 0 aliphatic carbocycles. The molecule has 18 heavy (non-hydrogen) atoms. The molecule has 1 rings (SSSR count). The van der Waals surface area contributed by atoms with Crippen molar-refractivity contribution in [3.05, 3.63) is 35.9 Å². The van der Waals surface area contributed by atoms with Crippen LogP contribution >= 0.6 is 15.9 Å². The summed E-state index contributed by atoms with van der Waals surface area (Å²) in [5, 5.41) is 2.97. The average molecular weight is 312 g/mol. The third-order valence-electron chi connectivity index (χ3n) is 2.56. The fourth-order valence-electron chi connectivity index (χ4n) is 1.80. The molecule has 1 N–H and O–H groups in total. The molecule has 2 nitrogen and oxygen atoms in total. The van der Waals surface area contributed by atoms with E-state index in [0.29, 0.717) is 17.8 Å². The van der Waals surface area contributed by atoms with Gasteiger partial charge < -0.3 is 5.32 Å². The van der Waals surface area contributed by atoms with Crippen LogP contribution in [0.5, 0.6) is 0 Å². The number of nitrogens with one attached hydrogen (secondary N) is 1. The first-order valence-electron chi connectivity index (χ1n) is 6.31. The Kier molecular flexibility index (Phi) is 5.86. The number of benzene rings is 1. The van der Waals surface area contributed by atoms with E-state index in [1.807, 2.05) is 30.3 Å². The molecule has 0 saturated heterocycles. The minimum atomic E-state index is 0.0829. The van der Waals surface area contributed by atoms with Crippen LogP contribution in [-0.4, -0.2) is 17.3 Å². The van der Waals surface area contributed by atoms with Gasteiger partial charge in [-0.2, -0.15) is 0 Å². The highest BCUT2D eigenvalue weighted by Gasteiger charge is 2.16. The van der Waals surface area contributed by atoms with E-state index >= 15 is 0 Å². The summed E-state index contributed by atoms with van der Waals surface area (Å²) < 4.78 is 0. The molecule has 1 aromatic carbocycles. The monoisotopic (exact) mass is 311 g/mol. The van der Waals surface area contributed by atoms with Crippen molar-refractivity contribution in [3.63, 3.8) is 0 Å². The van der Waals surface area contributed by atoms with Crippen molar-refractivity contribution in [2.45, 2.75) is 38.4 Å². The van der Waals surface area contributed by atoms with Gasteiger partial charge in [-0.05, 0) is 17.4 Å². The molecule has 1 amide bonds. The number of hydrogen-bond donors (Lipinski definition) is 1. The third-order valence-corrected chi connectivity index (χ3v) is 3.21. The highest BCUT2D eigenvalue weighted by Crippen LogP contribution is 2.24. The molecule has 0 bridgehead atoms. The summed E-state index contributed by atoms with van der Waals surface area (Å²) >= 11 is 3.61. The molecule has 1 unspecified atom stereocenters. The molecule has 0 radical (unpaired) electrons. The van der Waals surface area contributed by atoms with Gasteiger partial charge in [0, 0.05) is 11.4 Å². The minimum Gasteiger partial charge on any atom is -0.355 e. The van der Waals surface area contributed by atoms with Crippen LogP contribution in [0.1, 0.15) is 32.8 Å². The quantitative estimate of drug-likeness (QED) is 0.828. The minimum absolute atomic E-state index is 0.0829. The Morgan fingerprint density at radius 3 is 2.44 bits per heavy atom. The van der Waals surface area contributed by atoms with E-state index in [-0.39, 0.29) is 11.3 Å². The Morgan fingerprint density at radius 1 is 1.28 bits per heavy atom. The zero-order chi connectivity index (χ0) is 13.6. The molecule has 100 valence electrons. The van der Waals surface area contributed by atoms with Crippen LogP contribution in [0.2, 0.25) is 0 Å². The van der Waals surface area contributed by atoms with Crippen LogP contribution in [0.25, 0.3) is 0 Å². The predicted molar refractivity (Wildman–Crippen MR) is 79.9 cm³/mol. The van der Waals surface area contributed by atoms with Crippen molar-refractivity contribution >= 4 is 21.8 Å². The summed E-state index contributed by atoms with van der Waals surface area (Å²) in [5.41, 5.74) is 1.33. The molecule has 1 atom stereocenters. The lowest BCUT2D eigenvalue weighted by molar-refractivity contribution is -0.120. The standard InChI is InChI=1S/C15H22BrNO/c1-15(2,3)10-13(16)11-17-14(18)9-12-7-5-4-6-8-12/h4-8,13H,9-11H2,1-3H3,(H,17,18). The highest BCUT2D eigenvalue weighted by molar-refractivity contribution is 9.09. The Balaban J connectivity index is 2.29. The third kappa shape index (κ3) is 6.80. The van der Waals surface area contributed by atoms with Crippen molar-refractivity contribution < 1.29 is 4.79 Å². The molecule has 0 fully saturated rings. The first-order chi connectivity index (χ1) is 8.37. The normalized spacial score (nSPS) is 13.1. The van der Waals surface area contributed by atoms with Gasteiger partial charge in [-0.3, -0.25) is 4.79 Å². The molecule has 0 saturated carbocycles. The van der Waals surface area contributed by atoms with Crippen molar-refractivity contribution in [1.82, 2.24) is 5.32 Å². The summed E-state index contributed by atoms with van der Waals surface area (Å²) in [6, 6.07) is 9.81. The SMILES string of the molecule is CC(C)(C)CC(Br)CNC(=O)Cc1ccccc1. The number of carbonyl (C=O) groups excluding carboxylic acids is 1. The second-order valence-electron chi connectivity index (χ2n) is 5.83. The van der Waals surface area contributed by atoms with Gasteiger partial charge in [0.2, 0.25) is 5.91 Å². The Labute approximate surface area is 118 Å². The largest absolute Gasteiger partial charge is 0.355 e. The van der Waals surface area contributed by atoms with Crippen LogP contribution in [0, 0.1) is 5.41 Å². The second-order valence-corrected chi connectivity index (χ2v) is 7.12. The van der Waals surface area contributed by atoms with Gasteiger partial charge in [0.25, 0.3) is 0 Å². The van der Waals surface area contributed by atoms with E-state index in [9.17, 15) is 4.79 Å². The number of hydrogen-bond acceptors (Lipinski definition) is 1. The number of alkyl halides is 1. The summed E-state index contributed by atoms with van der Waals surface area (Å²) in [4.78, 5) is 12.1. The van der Waals surface area contributed by atoms with Crippen molar-refractivity contribution in [1.29, 1.82) is 0 Å². The summed E-state index contributed by atoms with van der Waals surface area (Å²) in [7, 11) is 0. The van der Waals surface area contributed by atoms with E-state index in [1.165, 1.54) is 0 Å². The zero-order valence-electron chi connectivity index (χ0n) is 11.4. The van der Waals surface area contributed by atoms with Gasteiger partial charge in [-0.25, -0.2) is 0 Å². The van der Waals surface area contributed by atoms with Gasteiger partial charge in [-0.1, -0.05) is 67.0 Å². The van der Waals surface area contributed by atoms with Gasteiger partial charge in [0.05, 0.1) is 6.42 Å². The van der Waals surface area contributed by atoms with Crippen molar-refractivity contribution in [3.8, 4) is 0 Å². The number of amides is 1. The molecular formula is C15H22BrNO. The van der Waals surface area contributed by atoms with Gasteiger partial charge in [-0.15, -0.1) is 0 Å². The highest BCUT2D eigenvalue weighted by atomic mass is 79.9. The van der Waals surface area contributed by atoms with Crippen molar-refractivity contribution in [2.75, 3.05) is 6.54 Å². The Hall–Kier alpha value is -0.830. The van der Waals surface area contributed by atoms with Crippen LogP contribution in [-0.2, 0) is 11.2 Å². The van der Waals surface area contributed by atoms with Crippen LogP contribution in [0.3, 0.4) is 0 Å². The van der Waals surface area contributed by atoms with Crippen LogP contribution < -0.4 is 5.32 Å². The lowest BCUT2D eigenvalue weighted by atomic mass is 9.90. The average Bonchev–Trinajstić information content (AvgIpc) is 2.25. The molecule has 0 aliphatic heterocycles. The number of halogens is 1. The van der Waals surface area contributed by atoms with Crippen LogP contribution in [0.4, 0.5) is 0 Å². The second kappa shape index (κ2) is 6.93. The summed E-state index contributed by atoms with van der Waals surface area (Å²) in [6.07, 6.45) is 1.49. The van der Waals surface area contributed by atoms with Crippen LogP contribution in [0.15, 0.2) is 30.3 Å². The molecular weight excluding hydrogens is 290 g/mol. The maximum Gasteiger partial charge on any atom is 0.224 e. The van der Waals surface area contributed by atoms with Crippen molar-refractivity contribution in [2.24, 2.45) is 5.41 Å². The smallest absolute Gasteiger partial charge is 0.224 e. The van der Waals surface area contributed by atoms with E-state index in [4.69, 9.17) is 0 Å².